The van der Waals surface area contributed by atoms with Gasteiger partial charge in [0.25, 0.3) is 0 Å². The molecule has 0 bridgehead atoms. The summed E-state index contributed by atoms with van der Waals surface area (Å²) in [5.41, 5.74) is 10.6. The Morgan fingerprint density at radius 3 is 2.57 bits per heavy atom. The molecular weight excluding hydrogens is 464 g/mol. The number of nitriles is 1. The molecule has 0 amide bonds. The van der Waals surface area contributed by atoms with Gasteiger partial charge in [-0.25, -0.2) is 0 Å². The third-order valence-corrected chi connectivity index (χ3v) is 6.08. The van der Waals surface area contributed by atoms with Crippen LogP contribution in [0, 0.1) is 11.3 Å². The van der Waals surface area contributed by atoms with Crippen LogP contribution in [0.3, 0.4) is 0 Å². The first-order valence-corrected chi connectivity index (χ1v) is 11.2. The van der Waals surface area contributed by atoms with E-state index in [-0.39, 0.29) is 5.88 Å². The third-order valence-electron chi connectivity index (χ3n) is 5.83. The topological polar surface area (TPSA) is 106 Å². The molecule has 0 saturated carbocycles. The number of hydrogen-bond acceptors (Lipinski definition) is 6. The van der Waals surface area contributed by atoms with E-state index in [4.69, 9.17) is 31.5 Å². The highest BCUT2D eigenvalue weighted by Crippen LogP contribution is 2.47. The van der Waals surface area contributed by atoms with Crippen molar-refractivity contribution in [1.82, 2.24) is 10.2 Å². The summed E-state index contributed by atoms with van der Waals surface area (Å²) in [5.74, 6) is 0.969. The average Bonchev–Trinajstić information content (AvgIpc) is 3.31. The Balaban J connectivity index is 1.54. The summed E-state index contributed by atoms with van der Waals surface area (Å²) in [6.07, 6.45) is 0. The molecule has 0 fully saturated rings. The first-order valence-electron chi connectivity index (χ1n) is 10.9. The lowest BCUT2D eigenvalue weighted by Gasteiger charge is -2.25. The van der Waals surface area contributed by atoms with Gasteiger partial charge < -0.3 is 19.9 Å². The molecule has 35 heavy (non-hydrogen) atoms. The first-order chi connectivity index (χ1) is 17.1. The van der Waals surface area contributed by atoms with E-state index in [1.165, 1.54) is 0 Å². The fourth-order valence-electron chi connectivity index (χ4n) is 4.13. The van der Waals surface area contributed by atoms with Gasteiger partial charge in [0.1, 0.15) is 18.2 Å². The van der Waals surface area contributed by atoms with Gasteiger partial charge in [0, 0.05) is 5.02 Å². The Labute approximate surface area is 207 Å². The average molecular weight is 485 g/mol. The van der Waals surface area contributed by atoms with Crippen LogP contribution in [-0.2, 0) is 6.61 Å². The summed E-state index contributed by atoms with van der Waals surface area (Å²) in [7, 11) is 1.58. The number of fused-ring (bicyclic) bond motifs is 1. The van der Waals surface area contributed by atoms with Gasteiger partial charge >= 0.3 is 0 Å². The molecule has 4 aromatic rings. The van der Waals surface area contributed by atoms with Crippen molar-refractivity contribution in [2.24, 2.45) is 5.73 Å². The van der Waals surface area contributed by atoms with Crippen molar-refractivity contribution in [2.45, 2.75) is 12.5 Å². The number of aromatic amines is 1. The minimum atomic E-state index is -0.503. The second-order valence-corrected chi connectivity index (χ2v) is 8.37. The zero-order valence-corrected chi connectivity index (χ0v) is 19.5. The predicted molar refractivity (Wildman–Crippen MR) is 132 cm³/mol. The zero-order chi connectivity index (χ0) is 24.4. The normalized spacial score (nSPS) is 14.6. The molecule has 8 heteroatoms. The number of hydrogen-bond donors (Lipinski definition) is 2. The second kappa shape index (κ2) is 9.45. The van der Waals surface area contributed by atoms with E-state index in [1.807, 2.05) is 72.8 Å². The summed E-state index contributed by atoms with van der Waals surface area (Å²) in [6.45, 7) is 0.352. The predicted octanol–water partition coefficient (Wildman–Crippen LogP) is 5.54. The number of nitrogens with one attached hydrogen (secondary N) is 1. The number of rotatable bonds is 6. The maximum Gasteiger partial charge on any atom is 0.244 e. The van der Waals surface area contributed by atoms with Gasteiger partial charge in [0.2, 0.25) is 11.8 Å². The Hall–Kier alpha value is -4.41. The van der Waals surface area contributed by atoms with Crippen molar-refractivity contribution >= 4 is 11.6 Å². The highest BCUT2D eigenvalue weighted by atomic mass is 35.5. The van der Waals surface area contributed by atoms with Gasteiger partial charge in [0.05, 0.1) is 24.3 Å². The minimum Gasteiger partial charge on any atom is -0.493 e. The lowest BCUT2D eigenvalue weighted by atomic mass is 9.83. The Morgan fingerprint density at radius 2 is 1.86 bits per heavy atom. The highest BCUT2D eigenvalue weighted by molar-refractivity contribution is 6.30. The number of halogens is 1. The number of benzene rings is 3. The van der Waals surface area contributed by atoms with Crippen molar-refractivity contribution in [3.05, 3.63) is 106 Å². The quantitative estimate of drug-likeness (QED) is 0.372. The third kappa shape index (κ3) is 4.27. The van der Waals surface area contributed by atoms with E-state index in [1.54, 1.807) is 7.11 Å². The largest absolute Gasteiger partial charge is 0.493 e. The van der Waals surface area contributed by atoms with E-state index < -0.39 is 5.92 Å². The summed E-state index contributed by atoms with van der Waals surface area (Å²) >= 11 is 5.97. The van der Waals surface area contributed by atoms with Crippen molar-refractivity contribution < 1.29 is 14.2 Å². The fraction of sp³-hybridized carbons (Fsp3) is 0.111. The summed E-state index contributed by atoms with van der Waals surface area (Å²) in [4.78, 5) is 0. The van der Waals surface area contributed by atoms with Crippen LogP contribution in [0.2, 0.25) is 5.02 Å². The standard InChI is InChI=1S/C27H21ClN4O3/c1-33-22-13-18(9-12-21(22)34-15-16-7-10-19(28)11-8-16)23-20(14-29)26(30)35-27-24(23)25(31-32-27)17-5-3-2-4-6-17/h2-13,23H,15,30H2,1H3,(H,31,32)/t23-/m0/s1. The smallest absolute Gasteiger partial charge is 0.244 e. The summed E-state index contributed by atoms with van der Waals surface area (Å²) in [6, 6.07) is 25.0. The van der Waals surface area contributed by atoms with Crippen molar-refractivity contribution in [1.29, 1.82) is 5.26 Å². The minimum absolute atomic E-state index is 0.0261. The maximum absolute atomic E-state index is 9.96. The molecule has 0 radical (unpaired) electrons. The molecule has 3 N–H and O–H groups in total. The van der Waals surface area contributed by atoms with Gasteiger partial charge in [-0.15, -0.1) is 5.10 Å². The van der Waals surface area contributed by atoms with Crippen LogP contribution in [0.1, 0.15) is 22.6 Å². The summed E-state index contributed by atoms with van der Waals surface area (Å²) in [5, 5.41) is 18.0. The van der Waals surface area contributed by atoms with Gasteiger partial charge in [-0.3, -0.25) is 5.10 Å². The Bertz CT molecular complexity index is 1440. The Kier molecular flexibility index (Phi) is 6.04. The van der Waals surface area contributed by atoms with E-state index in [0.717, 1.165) is 27.9 Å². The number of allylic oxidation sites excluding steroid dienone is 1. The molecule has 7 nitrogen and oxygen atoms in total. The molecular formula is C27H21ClN4O3. The van der Waals surface area contributed by atoms with E-state index in [9.17, 15) is 5.26 Å². The number of methoxy groups -OCH3 is 1. The molecule has 1 atom stereocenters. The van der Waals surface area contributed by atoms with Crippen LogP contribution >= 0.6 is 11.6 Å². The van der Waals surface area contributed by atoms with Crippen LogP contribution in [0.5, 0.6) is 17.4 Å². The SMILES string of the molecule is COc1cc([C@H]2C(C#N)=C(N)Oc3n[nH]c(-c4ccccc4)c32)ccc1OCc1ccc(Cl)cc1. The molecule has 0 aliphatic carbocycles. The van der Waals surface area contributed by atoms with Crippen LogP contribution in [0.4, 0.5) is 0 Å². The monoisotopic (exact) mass is 484 g/mol. The molecule has 0 saturated heterocycles. The van der Waals surface area contributed by atoms with Crippen LogP contribution in [0.25, 0.3) is 11.3 Å². The van der Waals surface area contributed by atoms with E-state index in [2.05, 4.69) is 16.3 Å². The van der Waals surface area contributed by atoms with E-state index >= 15 is 0 Å². The number of nitrogens with zero attached hydrogens (tertiary/aromatic N) is 2. The van der Waals surface area contributed by atoms with Gasteiger partial charge in [-0.05, 0) is 41.0 Å². The fourth-order valence-corrected chi connectivity index (χ4v) is 4.25. The van der Waals surface area contributed by atoms with Crippen LogP contribution in [0.15, 0.2) is 84.3 Å². The molecule has 1 aliphatic rings. The summed E-state index contributed by atoms with van der Waals surface area (Å²) < 4.78 is 17.3. The van der Waals surface area contributed by atoms with E-state index in [0.29, 0.717) is 34.6 Å². The van der Waals surface area contributed by atoms with Crippen LogP contribution < -0.4 is 19.9 Å². The Morgan fingerprint density at radius 1 is 1.09 bits per heavy atom. The van der Waals surface area contributed by atoms with Crippen molar-refractivity contribution in [2.75, 3.05) is 7.11 Å². The lowest BCUT2D eigenvalue weighted by Crippen LogP contribution is -2.21. The molecule has 0 unspecified atom stereocenters. The zero-order valence-electron chi connectivity index (χ0n) is 18.8. The lowest BCUT2D eigenvalue weighted by molar-refractivity contribution is 0.284. The molecule has 5 rings (SSSR count). The molecule has 174 valence electrons. The number of H-pyrrole nitrogens is 1. The number of aromatic nitrogens is 2. The molecule has 1 aliphatic heterocycles. The molecule has 1 aromatic heterocycles. The second-order valence-electron chi connectivity index (χ2n) is 7.93. The van der Waals surface area contributed by atoms with Crippen molar-refractivity contribution in [3.8, 4) is 34.7 Å². The molecule has 3 aromatic carbocycles. The van der Waals surface area contributed by atoms with Gasteiger partial charge in [0.15, 0.2) is 11.5 Å². The number of nitrogens with two attached hydrogens (primary N) is 1. The highest BCUT2D eigenvalue weighted by Gasteiger charge is 2.36. The van der Waals surface area contributed by atoms with Gasteiger partial charge in [-0.2, -0.15) is 5.26 Å². The van der Waals surface area contributed by atoms with Gasteiger partial charge in [-0.1, -0.05) is 60.1 Å². The maximum atomic E-state index is 9.96. The first kappa shape index (κ1) is 22.4. The van der Waals surface area contributed by atoms with Crippen molar-refractivity contribution in [3.63, 3.8) is 0 Å². The molecule has 2 heterocycles. The molecule has 0 spiro atoms. The van der Waals surface area contributed by atoms with Crippen LogP contribution in [-0.4, -0.2) is 17.3 Å². The number of ether oxygens (including phenoxy) is 3.